The first kappa shape index (κ1) is 14.8. The lowest BCUT2D eigenvalue weighted by atomic mass is 10.0. The van der Waals surface area contributed by atoms with Gasteiger partial charge in [-0.25, -0.2) is 8.78 Å². The predicted molar refractivity (Wildman–Crippen MR) is 78.8 cm³/mol. The number of anilines is 1. The van der Waals surface area contributed by atoms with E-state index in [0.717, 1.165) is 5.56 Å². The molecule has 0 saturated carbocycles. The quantitative estimate of drug-likeness (QED) is 0.820. The fourth-order valence-corrected chi connectivity index (χ4v) is 2.38. The predicted octanol–water partition coefficient (Wildman–Crippen LogP) is 5.00. The Morgan fingerprint density at radius 1 is 1.15 bits per heavy atom. The van der Waals surface area contributed by atoms with Crippen molar-refractivity contribution in [2.24, 2.45) is 0 Å². The van der Waals surface area contributed by atoms with Crippen molar-refractivity contribution in [2.45, 2.75) is 19.4 Å². The van der Waals surface area contributed by atoms with Gasteiger partial charge in [-0.3, -0.25) is 0 Å². The minimum absolute atomic E-state index is 0.145. The van der Waals surface area contributed by atoms with Crippen molar-refractivity contribution in [3.8, 4) is 5.75 Å². The average Bonchev–Trinajstić information content (AvgIpc) is 2.39. The molecule has 0 fully saturated rings. The first-order chi connectivity index (χ1) is 9.51. The third-order valence-electron chi connectivity index (χ3n) is 3.03. The van der Waals surface area contributed by atoms with E-state index in [0.29, 0.717) is 10.9 Å². The Morgan fingerprint density at radius 2 is 1.70 bits per heavy atom. The van der Waals surface area contributed by atoms with E-state index in [1.54, 1.807) is 24.3 Å². The molecule has 2 aromatic carbocycles. The van der Waals surface area contributed by atoms with E-state index in [4.69, 9.17) is 0 Å². The van der Waals surface area contributed by atoms with E-state index >= 15 is 0 Å². The topological polar surface area (TPSA) is 32.3 Å². The van der Waals surface area contributed by atoms with Crippen molar-refractivity contribution < 1.29 is 13.9 Å². The standard InChI is InChI=1S/C15H14BrF2NO/c1-2-14(9-3-5-11(20)6-4-9)19-15-12(17)7-10(16)8-13(15)18/h3-8,14,19-20H,2H2,1H3. The zero-order valence-electron chi connectivity index (χ0n) is 10.8. The van der Waals surface area contributed by atoms with E-state index in [2.05, 4.69) is 21.2 Å². The first-order valence-electron chi connectivity index (χ1n) is 6.21. The number of hydrogen-bond donors (Lipinski definition) is 2. The Morgan fingerprint density at radius 3 is 2.20 bits per heavy atom. The molecular weight excluding hydrogens is 328 g/mol. The molecule has 2 rings (SSSR count). The van der Waals surface area contributed by atoms with Crippen LogP contribution in [0.3, 0.4) is 0 Å². The molecule has 2 N–H and O–H groups in total. The summed E-state index contributed by atoms with van der Waals surface area (Å²) in [5.74, 6) is -1.13. The second-order valence-electron chi connectivity index (χ2n) is 4.44. The molecule has 2 aromatic rings. The molecule has 0 radical (unpaired) electrons. The number of halogens is 3. The van der Waals surface area contributed by atoms with Gasteiger partial charge in [0.2, 0.25) is 0 Å². The molecule has 1 unspecified atom stereocenters. The number of rotatable bonds is 4. The van der Waals surface area contributed by atoms with Crippen LogP contribution >= 0.6 is 15.9 Å². The average molecular weight is 342 g/mol. The Bertz CT molecular complexity index is 578. The second kappa shape index (κ2) is 6.22. The van der Waals surface area contributed by atoms with Crippen molar-refractivity contribution >= 4 is 21.6 Å². The molecule has 0 bridgehead atoms. The van der Waals surface area contributed by atoms with Gasteiger partial charge in [-0.1, -0.05) is 35.0 Å². The van der Waals surface area contributed by atoms with Crippen LogP contribution < -0.4 is 5.32 Å². The van der Waals surface area contributed by atoms with Gasteiger partial charge in [-0.05, 0) is 36.2 Å². The fourth-order valence-electron chi connectivity index (χ4n) is 1.98. The summed E-state index contributed by atoms with van der Waals surface area (Å²) in [6, 6.07) is 8.75. The summed E-state index contributed by atoms with van der Waals surface area (Å²) in [5.41, 5.74) is 0.708. The van der Waals surface area contributed by atoms with Crippen LogP contribution in [0.5, 0.6) is 5.75 Å². The number of benzene rings is 2. The lowest BCUT2D eigenvalue weighted by Crippen LogP contribution is -2.12. The van der Waals surface area contributed by atoms with Crippen LogP contribution in [0.1, 0.15) is 24.9 Å². The van der Waals surface area contributed by atoms with Crippen molar-refractivity contribution in [1.82, 2.24) is 0 Å². The van der Waals surface area contributed by atoms with Gasteiger partial charge < -0.3 is 10.4 Å². The van der Waals surface area contributed by atoms with Gasteiger partial charge >= 0.3 is 0 Å². The number of phenolic OH excluding ortho intramolecular Hbond substituents is 1. The normalized spacial score (nSPS) is 12.2. The number of nitrogens with one attached hydrogen (secondary N) is 1. The highest BCUT2D eigenvalue weighted by molar-refractivity contribution is 9.10. The Labute approximate surface area is 124 Å². The van der Waals surface area contributed by atoms with Gasteiger partial charge in [-0.15, -0.1) is 0 Å². The molecule has 0 aromatic heterocycles. The van der Waals surface area contributed by atoms with Gasteiger partial charge in [0.25, 0.3) is 0 Å². The number of aromatic hydroxyl groups is 1. The molecule has 0 amide bonds. The van der Waals surface area contributed by atoms with Crippen molar-refractivity contribution in [3.63, 3.8) is 0 Å². The van der Waals surface area contributed by atoms with Crippen molar-refractivity contribution in [3.05, 3.63) is 58.1 Å². The lowest BCUT2D eigenvalue weighted by molar-refractivity contribution is 0.475. The number of phenols is 1. The maximum Gasteiger partial charge on any atom is 0.150 e. The summed E-state index contributed by atoms with van der Waals surface area (Å²) < 4.78 is 28.0. The Hall–Kier alpha value is -1.62. The molecule has 20 heavy (non-hydrogen) atoms. The van der Waals surface area contributed by atoms with Crippen LogP contribution in [0.25, 0.3) is 0 Å². The molecular formula is C15H14BrF2NO. The smallest absolute Gasteiger partial charge is 0.150 e. The highest BCUT2D eigenvalue weighted by atomic mass is 79.9. The van der Waals surface area contributed by atoms with Gasteiger partial charge in [0, 0.05) is 4.47 Å². The van der Waals surface area contributed by atoms with Crippen LogP contribution in [0, 0.1) is 11.6 Å². The van der Waals surface area contributed by atoms with E-state index in [-0.39, 0.29) is 17.5 Å². The maximum absolute atomic E-state index is 13.8. The Kier molecular flexibility index (Phi) is 4.60. The van der Waals surface area contributed by atoms with Crippen molar-refractivity contribution in [1.29, 1.82) is 0 Å². The summed E-state index contributed by atoms with van der Waals surface area (Å²) in [6.07, 6.45) is 0.652. The molecule has 0 saturated heterocycles. The van der Waals surface area contributed by atoms with Gasteiger partial charge in [0.05, 0.1) is 6.04 Å². The highest BCUT2D eigenvalue weighted by Crippen LogP contribution is 2.29. The monoisotopic (exact) mass is 341 g/mol. The van der Waals surface area contributed by atoms with Gasteiger partial charge in [0.15, 0.2) is 0 Å². The molecule has 0 spiro atoms. The Balaban J connectivity index is 2.29. The summed E-state index contributed by atoms with van der Waals surface area (Å²) in [5, 5.41) is 12.1. The van der Waals surface area contributed by atoms with E-state index < -0.39 is 11.6 Å². The van der Waals surface area contributed by atoms with Crippen molar-refractivity contribution in [2.75, 3.05) is 5.32 Å². The first-order valence-corrected chi connectivity index (χ1v) is 7.00. The van der Waals surface area contributed by atoms with Gasteiger partial charge in [-0.2, -0.15) is 0 Å². The summed E-state index contributed by atoms with van der Waals surface area (Å²) in [7, 11) is 0. The maximum atomic E-state index is 13.8. The summed E-state index contributed by atoms with van der Waals surface area (Å²) >= 11 is 3.05. The third-order valence-corrected chi connectivity index (χ3v) is 3.49. The molecule has 0 aliphatic carbocycles. The molecule has 5 heteroatoms. The van der Waals surface area contributed by atoms with Crippen LogP contribution in [-0.2, 0) is 0 Å². The summed E-state index contributed by atoms with van der Waals surface area (Å²) in [6.45, 7) is 1.92. The molecule has 106 valence electrons. The highest BCUT2D eigenvalue weighted by Gasteiger charge is 2.16. The zero-order valence-corrected chi connectivity index (χ0v) is 12.4. The minimum Gasteiger partial charge on any atom is -0.508 e. The molecule has 1 atom stereocenters. The molecule has 2 nitrogen and oxygen atoms in total. The van der Waals surface area contributed by atoms with Gasteiger partial charge in [0.1, 0.15) is 23.1 Å². The van der Waals surface area contributed by atoms with E-state index in [1.807, 2.05) is 6.92 Å². The number of hydrogen-bond acceptors (Lipinski definition) is 2. The van der Waals surface area contributed by atoms with Crippen LogP contribution in [0.2, 0.25) is 0 Å². The lowest BCUT2D eigenvalue weighted by Gasteiger charge is -2.20. The third kappa shape index (κ3) is 3.28. The van der Waals surface area contributed by atoms with E-state index in [9.17, 15) is 13.9 Å². The SMILES string of the molecule is CCC(Nc1c(F)cc(Br)cc1F)c1ccc(O)cc1. The molecule has 0 aliphatic rings. The van der Waals surface area contributed by atoms with Crippen LogP contribution in [-0.4, -0.2) is 5.11 Å². The zero-order chi connectivity index (χ0) is 14.7. The minimum atomic E-state index is -0.644. The summed E-state index contributed by atoms with van der Waals surface area (Å²) in [4.78, 5) is 0. The molecule has 0 heterocycles. The largest absolute Gasteiger partial charge is 0.508 e. The molecule has 0 aliphatic heterocycles. The second-order valence-corrected chi connectivity index (χ2v) is 5.36. The fraction of sp³-hybridized carbons (Fsp3) is 0.200. The van der Waals surface area contributed by atoms with E-state index in [1.165, 1.54) is 12.1 Å². The van der Waals surface area contributed by atoms with Crippen LogP contribution in [0.4, 0.5) is 14.5 Å². The van der Waals surface area contributed by atoms with Crippen LogP contribution in [0.15, 0.2) is 40.9 Å².